The number of hydrogen-bond acceptors (Lipinski definition) is 5. The molecule has 0 spiro atoms. The van der Waals surface area contributed by atoms with Gasteiger partial charge in [0.2, 0.25) is 11.8 Å². The van der Waals surface area contributed by atoms with Gasteiger partial charge in [-0.3, -0.25) is 9.59 Å². The van der Waals surface area contributed by atoms with Crippen molar-refractivity contribution in [1.29, 1.82) is 0 Å². The second kappa shape index (κ2) is 11.5. The maximum Gasteiger partial charge on any atom is 0.326 e. The molecule has 1 unspecified atom stereocenters. The molecule has 182 valence electrons. The van der Waals surface area contributed by atoms with E-state index >= 15 is 0 Å². The molecule has 0 saturated heterocycles. The highest BCUT2D eigenvalue weighted by atomic mass is 32.1. The van der Waals surface area contributed by atoms with Gasteiger partial charge < -0.3 is 20.5 Å². The third-order valence-electron chi connectivity index (χ3n) is 6.44. The summed E-state index contributed by atoms with van der Waals surface area (Å²) in [6.45, 7) is 1.72. The summed E-state index contributed by atoms with van der Waals surface area (Å²) in [5.41, 5.74) is 1.75. The van der Waals surface area contributed by atoms with Crippen LogP contribution in [-0.4, -0.2) is 52.9 Å². The molecule has 2 amide bonds. The van der Waals surface area contributed by atoms with Crippen LogP contribution in [0.1, 0.15) is 38.2 Å². The molecular weight excluding hydrogens is 452 g/mol. The fraction of sp³-hybridized carbons (Fsp3) is 0.423. The van der Waals surface area contributed by atoms with Gasteiger partial charge in [0.1, 0.15) is 16.8 Å². The summed E-state index contributed by atoms with van der Waals surface area (Å²) in [5, 5.41) is 14.6. The minimum Gasteiger partial charge on any atom is -0.480 e. The summed E-state index contributed by atoms with van der Waals surface area (Å²) < 4.78 is 5.17. The molecule has 2 aromatic rings. The predicted octanol–water partition coefficient (Wildman–Crippen LogP) is 3.23. The first kappa shape index (κ1) is 25.8. The summed E-state index contributed by atoms with van der Waals surface area (Å²) in [5.74, 6) is -2.00. The zero-order valence-electron chi connectivity index (χ0n) is 19.5. The van der Waals surface area contributed by atoms with Crippen molar-refractivity contribution >= 4 is 30.4 Å². The molecule has 3 rings (SSSR count). The number of benzene rings is 2. The molecule has 0 bridgehead atoms. The Hall–Kier alpha value is -2.84. The third-order valence-corrected chi connectivity index (χ3v) is 7.10. The van der Waals surface area contributed by atoms with Crippen molar-refractivity contribution in [3.8, 4) is 11.1 Å². The number of carboxylic acids is 1. The Labute approximate surface area is 205 Å². The van der Waals surface area contributed by atoms with Crippen molar-refractivity contribution in [2.45, 2.75) is 62.0 Å². The van der Waals surface area contributed by atoms with Crippen molar-refractivity contribution in [3.63, 3.8) is 0 Å². The van der Waals surface area contributed by atoms with E-state index in [-0.39, 0.29) is 6.42 Å². The zero-order chi connectivity index (χ0) is 24.7. The first-order chi connectivity index (χ1) is 16.3. The molecule has 3 atom stereocenters. The number of ether oxygens (including phenoxy) is 1. The lowest BCUT2D eigenvalue weighted by Gasteiger charge is -2.32. The van der Waals surface area contributed by atoms with E-state index in [1.165, 1.54) is 7.11 Å². The van der Waals surface area contributed by atoms with E-state index in [0.717, 1.165) is 29.5 Å². The normalized spacial score (nSPS) is 17.4. The molecule has 1 aliphatic rings. The van der Waals surface area contributed by atoms with Crippen LogP contribution >= 0.6 is 12.6 Å². The van der Waals surface area contributed by atoms with Gasteiger partial charge in [-0.2, -0.15) is 12.6 Å². The smallest absolute Gasteiger partial charge is 0.326 e. The van der Waals surface area contributed by atoms with Gasteiger partial charge in [0.25, 0.3) is 0 Å². The molecule has 0 heterocycles. The van der Waals surface area contributed by atoms with Crippen LogP contribution in [0.25, 0.3) is 11.1 Å². The van der Waals surface area contributed by atoms with Crippen LogP contribution in [0.2, 0.25) is 0 Å². The van der Waals surface area contributed by atoms with E-state index in [2.05, 4.69) is 23.3 Å². The number of rotatable bonds is 10. The van der Waals surface area contributed by atoms with Gasteiger partial charge in [0.15, 0.2) is 0 Å². The summed E-state index contributed by atoms with van der Waals surface area (Å²) in [6.07, 6.45) is 2.13. The van der Waals surface area contributed by atoms with Crippen molar-refractivity contribution in [2.24, 2.45) is 0 Å². The number of thiol groups is 1. The molecule has 3 N–H and O–H groups in total. The van der Waals surface area contributed by atoms with Crippen molar-refractivity contribution < 1.29 is 24.2 Å². The maximum absolute atomic E-state index is 13.3. The highest BCUT2D eigenvalue weighted by Gasteiger charge is 2.44. The molecule has 7 nitrogen and oxygen atoms in total. The van der Waals surface area contributed by atoms with Crippen LogP contribution in [0, 0.1) is 0 Å². The standard InChI is InChI=1S/C26H32N2O5S/c1-17(33-2)22(34)23(29)28-26(14-6-7-15-26)25(32)27-21(24(30)31)16-18-10-12-20(13-11-18)19-8-4-3-5-9-19/h3-5,8-13,17,21-22,34H,6-7,14-16H2,1-2H3,(H,27,32)(H,28,29)(H,30,31)/t17-,21?,22+/m0/s1. The first-order valence-corrected chi connectivity index (χ1v) is 12.0. The van der Waals surface area contributed by atoms with E-state index in [1.54, 1.807) is 6.92 Å². The topological polar surface area (TPSA) is 105 Å². The van der Waals surface area contributed by atoms with Gasteiger partial charge in [0.05, 0.1) is 6.10 Å². The molecule has 8 heteroatoms. The monoisotopic (exact) mass is 484 g/mol. The lowest BCUT2D eigenvalue weighted by molar-refractivity contribution is -0.143. The number of aliphatic carboxylic acids is 1. The van der Waals surface area contributed by atoms with Gasteiger partial charge >= 0.3 is 5.97 Å². The highest BCUT2D eigenvalue weighted by molar-refractivity contribution is 7.81. The number of methoxy groups -OCH3 is 1. The lowest BCUT2D eigenvalue weighted by Crippen LogP contribution is -2.61. The Morgan fingerprint density at radius 2 is 1.62 bits per heavy atom. The Morgan fingerprint density at radius 1 is 1.03 bits per heavy atom. The molecule has 2 aromatic carbocycles. The van der Waals surface area contributed by atoms with Gasteiger partial charge in [0, 0.05) is 13.5 Å². The molecule has 1 saturated carbocycles. The van der Waals surface area contributed by atoms with Crippen LogP contribution in [0.5, 0.6) is 0 Å². The number of carboxylic acid groups (broad SMARTS) is 1. The van der Waals surface area contributed by atoms with Crippen molar-refractivity contribution in [2.75, 3.05) is 7.11 Å². The highest BCUT2D eigenvalue weighted by Crippen LogP contribution is 2.31. The number of hydrogen-bond donors (Lipinski definition) is 4. The number of carbonyl (C=O) groups is 3. The van der Waals surface area contributed by atoms with Crippen LogP contribution in [0.15, 0.2) is 54.6 Å². The Balaban J connectivity index is 1.70. The minimum atomic E-state index is -1.14. The molecule has 1 aliphatic carbocycles. The Morgan fingerprint density at radius 3 is 2.18 bits per heavy atom. The minimum absolute atomic E-state index is 0.135. The zero-order valence-corrected chi connectivity index (χ0v) is 20.4. The first-order valence-electron chi connectivity index (χ1n) is 11.5. The van der Waals surface area contributed by atoms with Gasteiger partial charge in [-0.05, 0) is 36.5 Å². The Bertz CT molecular complexity index is 990. The average molecular weight is 485 g/mol. The second-order valence-electron chi connectivity index (χ2n) is 8.80. The molecule has 34 heavy (non-hydrogen) atoms. The van der Waals surface area contributed by atoms with E-state index in [9.17, 15) is 19.5 Å². The number of carbonyl (C=O) groups excluding carboxylic acids is 2. The molecule has 0 aliphatic heterocycles. The molecule has 0 aromatic heterocycles. The summed E-state index contributed by atoms with van der Waals surface area (Å²) in [6, 6.07) is 16.4. The summed E-state index contributed by atoms with van der Waals surface area (Å²) >= 11 is 4.32. The van der Waals surface area contributed by atoms with Gasteiger partial charge in [-0.1, -0.05) is 67.4 Å². The Kier molecular flexibility index (Phi) is 8.74. The fourth-order valence-electron chi connectivity index (χ4n) is 4.24. The van der Waals surface area contributed by atoms with Crippen LogP contribution in [0.4, 0.5) is 0 Å². The van der Waals surface area contributed by atoms with E-state index in [4.69, 9.17) is 4.74 Å². The molecule has 0 radical (unpaired) electrons. The van der Waals surface area contributed by atoms with E-state index in [0.29, 0.717) is 12.8 Å². The van der Waals surface area contributed by atoms with Crippen molar-refractivity contribution in [3.05, 3.63) is 60.2 Å². The summed E-state index contributed by atoms with van der Waals surface area (Å²) in [7, 11) is 1.49. The van der Waals surface area contributed by atoms with Gasteiger partial charge in [-0.15, -0.1) is 0 Å². The third kappa shape index (κ3) is 6.18. The second-order valence-corrected chi connectivity index (χ2v) is 9.35. The summed E-state index contributed by atoms with van der Waals surface area (Å²) in [4.78, 5) is 37.9. The largest absolute Gasteiger partial charge is 0.480 e. The average Bonchev–Trinajstić information content (AvgIpc) is 3.33. The van der Waals surface area contributed by atoms with Gasteiger partial charge in [-0.25, -0.2) is 4.79 Å². The maximum atomic E-state index is 13.3. The lowest BCUT2D eigenvalue weighted by atomic mass is 9.94. The predicted molar refractivity (Wildman–Crippen MR) is 134 cm³/mol. The van der Waals surface area contributed by atoms with E-state index in [1.807, 2.05) is 54.6 Å². The van der Waals surface area contributed by atoms with Crippen LogP contribution < -0.4 is 10.6 Å². The quantitative estimate of drug-likeness (QED) is 0.388. The van der Waals surface area contributed by atoms with Crippen molar-refractivity contribution in [1.82, 2.24) is 10.6 Å². The molecule has 1 fully saturated rings. The number of nitrogens with one attached hydrogen (secondary N) is 2. The van der Waals surface area contributed by atoms with E-state index < -0.39 is 40.7 Å². The SMILES string of the molecule is CO[C@@H](C)[C@@H](S)C(=O)NC1(C(=O)NC(Cc2ccc(-c3ccccc3)cc2)C(=O)O)CCCC1. The van der Waals surface area contributed by atoms with Crippen LogP contribution in [0.3, 0.4) is 0 Å². The molecular formula is C26H32N2O5S. The fourth-order valence-corrected chi connectivity index (χ4v) is 4.42. The number of amides is 2. The van der Waals surface area contributed by atoms with Crippen LogP contribution in [-0.2, 0) is 25.5 Å².